The second-order valence-corrected chi connectivity index (χ2v) is 6.72. The molecule has 0 aliphatic carbocycles. The predicted molar refractivity (Wildman–Crippen MR) is 69.9 cm³/mol. The first kappa shape index (κ1) is 12.7. The Morgan fingerprint density at radius 2 is 2.18 bits per heavy atom. The van der Waals surface area contributed by atoms with Gasteiger partial charge < -0.3 is 0 Å². The van der Waals surface area contributed by atoms with Crippen molar-refractivity contribution in [2.75, 3.05) is 4.72 Å². The number of hydrogen-bond donors (Lipinski definition) is 1. The summed E-state index contributed by atoms with van der Waals surface area (Å²) in [7, 11) is -3.70. The molecule has 0 unspecified atom stereocenters. The van der Waals surface area contributed by atoms with Gasteiger partial charge in [-0.05, 0) is 18.2 Å². The molecular formula is C8H5BrClN3O2S2. The largest absolute Gasteiger partial charge is 0.268 e. The highest BCUT2D eigenvalue weighted by Gasteiger charge is 2.18. The van der Waals surface area contributed by atoms with Crippen LogP contribution in [-0.4, -0.2) is 18.0 Å². The zero-order chi connectivity index (χ0) is 12.5. The smallest absolute Gasteiger partial charge is 0.264 e. The molecule has 2 rings (SSSR count). The second kappa shape index (κ2) is 4.89. The van der Waals surface area contributed by atoms with Crippen LogP contribution in [0.4, 0.5) is 5.00 Å². The summed E-state index contributed by atoms with van der Waals surface area (Å²) in [6, 6.07) is 4.54. The van der Waals surface area contributed by atoms with Crippen LogP contribution >= 0.6 is 39.1 Å². The molecule has 1 N–H and O–H groups in total. The van der Waals surface area contributed by atoms with Crippen molar-refractivity contribution in [1.82, 2.24) is 9.59 Å². The second-order valence-electron chi connectivity index (χ2n) is 2.96. The highest BCUT2D eigenvalue weighted by molar-refractivity contribution is 9.10. The average molecular weight is 355 g/mol. The van der Waals surface area contributed by atoms with Gasteiger partial charge in [0.1, 0.15) is 9.90 Å². The zero-order valence-corrected chi connectivity index (χ0v) is 12.1. The molecule has 0 saturated heterocycles. The summed E-state index contributed by atoms with van der Waals surface area (Å²) in [6.07, 6.45) is 1.33. The van der Waals surface area contributed by atoms with Gasteiger partial charge in [0.05, 0.1) is 11.2 Å². The van der Waals surface area contributed by atoms with Gasteiger partial charge in [-0.3, -0.25) is 4.72 Å². The van der Waals surface area contributed by atoms with Crippen LogP contribution in [0.3, 0.4) is 0 Å². The summed E-state index contributed by atoms with van der Waals surface area (Å²) in [5.41, 5.74) is 0. The monoisotopic (exact) mass is 353 g/mol. The van der Waals surface area contributed by atoms with Crippen LogP contribution in [-0.2, 0) is 10.0 Å². The van der Waals surface area contributed by atoms with Gasteiger partial charge in [0.25, 0.3) is 10.0 Å². The molecule has 0 bridgehead atoms. The lowest BCUT2D eigenvalue weighted by Crippen LogP contribution is -2.12. The fourth-order valence-corrected chi connectivity index (χ4v) is 3.82. The quantitative estimate of drug-likeness (QED) is 0.920. The number of hydrogen-bond acceptors (Lipinski definition) is 5. The number of nitrogens with zero attached hydrogens (tertiary/aromatic N) is 2. The summed E-state index contributed by atoms with van der Waals surface area (Å²) in [4.78, 5) is 0.00997. The number of benzene rings is 1. The molecule has 9 heteroatoms. The van der Waals surface area contributed by atoms with Crippen LogP contribution in [0.1, 0.15) is 0 Å². The van der Waals surface area contributed by atoms with Crippen molar-refractivity contribution in [2.45, 2.75) is 4.90 Å². The number of halogens is 2. The number of rotatable bonds is 3. The molecule has 0 aliphatic rings. The molecule has 0 spiro atoms. The lowest BCUT2D eigenvalue weighted by atomic mass is 10.4. The third-order valence-corrected chi connectivity index (χ3v) is 4.83. The molecule has 1 aromatic heterocycles. The molecule has 5 nitrogen and oxygen atoms in total. The zero-order valence-electron chi connectivity index (χ0n) is 8.09. The van der Waals surface area contributed by atoms with Gasteiger partial charge in [0.15, 0.2) is 0 Å². The molecule has 2 aromatic rings. The standard InChI is InChI=1S/C8H5BrClN3O2S2/c9-5-1-2-7(6(10)3-5)17(14,15)12-8-4-11-13-16-8/h1-4,12H. The number of sulfonamides is 1. The van der Waals surface area contributed by atoms with Gasteiger partial charge in [-0.25, -0.2) is 8.42 Å². The normalized spacial score (nSPS) is 11.4. The third kappa shape index (κ3) is 2.95. The van der Waals surface area contributed by atoms with Gasteiger partial charge >= 0.3 is 0 Å². The van der Waals surface area contributed by atoms with Gasteiger partial charge in [-0.1, -0.05) is 32.0 Å². The lowest BCUT2D eigenvalue weighted by molar-refractivity contribution is 0.601. The summed E-state index contributed by atoms with van der Waals surface area (Å²) in [5.74, 6) is 0. The van der Waals surface area contributed by atoms with Crippen LogP contribution in [0.5, 0.6) is 0 Å². The highest BCUT2D eigenvalue weighted by Crippen LogP contribution is 2.27. The van der Waals surface area contributed by atoms with E-state index in [0.717, 1.165) is 11.5 Å². The maximum absolute atomic E-state index is 12.0. The SMILES string of the molecule is O=S(=O)(Nc1cnns1)c1ccc(Br)cc1Cl. The van der Waals surface area contributed by atoms with E-state index in [1.165, 1.54) is 18.3 Å². The highest BCUT2D eigenvalue weighted by atomic mass is 79.9. The third-order valence-electron chi connectivity index (χ3n) is 1.78. The maximum Gasteiger partial charge on any atom is 0.264 e. The van der Waals surface area contributed by atoms with Crippen LogP contribution in [0.2, 0.25) is 5.02 Å². The number of anilines is 1. The first-order chi connectivity index (χ1) is 7.99. The Morgan fingerprint density at radius 1 is 1.41 bits per heavy atom. The van der Waals surface area contributed by atoms with Gasteiger partial charge in [0.2, 0.25) is 0 Å². The van der Waals surface area contributed by atoms with Crippen LogP contribution in [0.25, 0.3) is 0 Å². The molecule has 0 amide bonds. The Bertz CT molecular complexity index is 630. The van der Waals surface area contributed by atoms with E-state index in [1.54, 1.807) is 6.07 Å². The fourth-order valence-electron chi connectivity index (χ4n) is 1.09. The maximum atomic E-state index is 12.0. The Morgan fingerprint density at radius 3 is 2.76 bits per heavy atom. The van der Waals surface area contributed by atoms with Crippen molar-refractivity contribution in [1.29, 1.82) is 0 Å². The summed E-state index contributed by atoms with van der Waals surface area (Å²) >= 11 is 10.0. The van der Waals surface area contributed by atoms with Crippen molar-refractivity contribution in [3.63, 3.8) is 0 Å². The van der Waals surface area contributed by atoms with Crippen LogP contribution < -0.4 is 4.72 Å². The molecule has 0 atom stereocenters. The molecule has 1 aromatic carbocycles. The first-order valence-electron chi connectivity index (χ1n) is 4.24. The molecule has 0 fully saturated rings. The molecular weight excluding hydrogens is 350 g/mol. The van der Waals surface area contributed by atoms with E-state index in [2.05, 4.69) is 30.2 Å². The molecule has 0 saturated carbocycles. The van der Waals surface area contributed by atoms with Gasteiger partial charge in [-0.2, -0.15) is 0 Å². The van der Waals surface area contributed by atoms with E-state index in [4.69, 9.17) is 11.6 Å². The van der Waals surface area contributed by atoms with Crippen molar-refractivity contribution in [3.05, 3.63) is 33.9 Å². The van der Waals surface area contributed by atoms with E-state index >= 15 is 0 Å². The summed E-state index contributed by atoms with van der Waals surface area (Å²) in [6.45, 7) is 0. The minimum Gasteiger partial charge on any atom is -0.268 e. The van der Waals surface area contributed by atoms with E-state index in [-0.39, 0.29) is 9.92 Å². The van der Waals surface area contributed by atoms with E-state index < -0.39 is 10.0 Å². The van der Waals surface area contributed by atoms with E-state index in [9.17, 15) is 8.42 Å². The summed E-state index contributed by atoms with van der Waals surface area (Å²) in [5, 5.41) is 4.02. The molecule has 1 heterocycles. The molecule has 0 aliphatic heterocycles. The number of nitrogens with one attached hydrogen (secondary N) is 1. The summed E-state index contributed by atoms with van der Waals surface area (Å²) < 4.78 is 30.6. The first-order valence-corrected chi connectivity index (χ1v) is 7.67. The minimum atomic E-state index is -3.70. The van der Waals surface area contributed by atoms with Crippen LogP contribution in [0.15, 0.2) is 33.8 Å². The topological polar surface area (TPSA) is 72.0 Å². The van der Waals surface area contributed by atoms with Crippen LogP contribution in [0, 0.1) is 0 Å². The molecule has 17 heavy (non-hydrogen) atoms. The van der Waals surface area contributed by atoms with Crippen molar-refractivity contribution in [3.8, 4) is 0 Å². The molecule has 0 radical (unpaired) electrons. The van der Waals surface area contributed by atoms with Crippen molar-refractivity contribution < 1.29 is 8.42 Å². The average Bonchev–Trinajstić information content (AvgIpc) is 2.68. The Labute approximate surface area is 115 Å². The Hall–Kier alpha value is -0.700. The van der Waals surface area contributed by atoms with Crippen molar-refractivity contribution >= 4 is 54.1 Å². The van der Waals surface area contributed by atoms with Crippen molar-refractivity contribution in [2.24, 2.45) is 0 Å². The minimum absolute atomic E-state index is 0.00997. The van der Waals surface area contributed by atoms with Gasteiger partial charge in [-0.15, -0.1) is 5.10 Å². The number of aromatic nitrogens is 2. The van der Waals surface area contributed by atoms with Gasteiger partial charge in [0, 0.05) is 16.0 Å². The Balaban J connectivity index is 2.38. The molecule has 90 valence electrons. The Kier molecular flexibility index (Phi) is 3.67. The fraction of sp³-hybridized carbons (Fsp3) is 0. The van der Waals surface area contributed by atoms with E-state index in [1.807, 2.05) is 0 Å². The van der Waals surface area contributed by atoms with E-state index in [0.29, 0.717) is 9.47 Å². The predicted octanol–water partition coefficient (Wildman–Crippen LogP) is 2.75. The lowest BCUT2D eigenvalue weighted by Gasteiger charge is -2.07.